The van der Waals surface area contributed by atoms with Gasteiger partial charge in [-0.15, -0.1) is 0 Å². The van der Waals surface area contributed by atoms with Crippen LogP contribution in [0.5, 0.6) is 0 Å². The number of halogens is 1. The first-order valence-electron chi connectivity index (χ1n) is 4.52. The minimum atomic E-state index is 0.981. The SMILES string of the molecule is IC1=CC=C(C2=CC=CCC2)CN1. The Labute approximate surface area is 92.4 Å². The summed E-state index contributed by atoms with van der Waals surface area (Å²) in [6.45, 7) is 0.981. The van der Waals surface area contributed by atoms with Crippen LogP contribution in [0.4, 0.5) is 0 Å². The van der Waals surface area contributed by atoms with Crippen LogP contribution in [0.25, 0.3) is 0 Å². The number of nitrogens with one attached hydrogen (secondary N) is 1. The van der Waals surface area contributed by atoms with E-state index in [2.05, 4.69) is 58.3 Å². The van der Waals surface area contributed by atoms with E-state index < -0.39 is 0 Å². The van der Waals surface area contributed by atoms with Gasteiger partial charge in [0.2, 0.25) is 0 Å². The molecule has 0 fully saturated rings. The molecule has 0 aromatic heterocycles. The zero-order valence-electron chi connectivity index (χ0n) is 7.39. The molecule has 2 aliphatic rings. The van der Waals surface area contributed by atoms with Crippen LogP contribution >= 0.6 is 22.6 Å². The summed E-state index contributed by atoms with van der Waals surface area (Å²) >= 11 is 2.31. The van der Waals surface area contributed by atoms with Crippen molar-refractivity contribution in [3.05, 3.63) is 45.2 Å². The molecule has 0 aromatic carbocycles. The molecule has 0 spiro atoms. The largest absolute Gasteiger partial charge is 0.376 e. The van der Waals surface area contributed by atoms with Gasteiger partial charge in [0.25, 0.3) is 0 Å². The van der Waals surface area contributed by atoms with E-state index in [4.69, 9.17) is 0 Å². The summed E-state index contributed by atoms with van der Waals surface area (Å²) in [5.74, 6) is 0. The van der Waals surface area contributed by atoms with E-state index >= 15 is 0 Å². The van der Waals surface area contributed by atoms with Gasteiger partial charge in [0, 0.05) is 6.54 Å². The van der Waals surface area contributed by atoms with Crippen molar-refractivity contribution in [1.82, 2.24) is 5.32 Å². The lowest BCUT2D eigenvalue weighted by atomic mass is 9.96. The van der Waals surface area contributed by atoms with Crippen LogP contribution in [0.3, 0.4) is 0 Å². The molecule has 0 radical (unpaired) electrons. The van der Waals surface area contributed by atoms with Crippen molar-refractivity contribution in [3.63, 3.8) is 0 Å². The monoisotopic (exact) mass is 285 g/mol. The van der Waals surface area contributed by atoms with Gasteiger partial charge in [0.1, 0.15) is 0 Å². The van der Waals surface area contributed by atoms with Gasteiger partial charge in [0.05, 0.1) is 3.70 Å². The number of hydrogen-bond acceptors (Lipinski definition) is 1. The van der Waals surface area contributed by atoms with Crippen LogP contribution in [0, 0.1) is 0 Å². The second-order valence-electron chi connectivity index (χ2n) is 3.22. The molecule has 0 atom stereocenters. The molecule has 0 saturated carbocycles. The fourth-order valence-electron chi connectivity index (χ4n) is 1.56. The maximum absolute atomic E-state index is 3.34. The van der Waals surface area contributed by atoms with Gasteiger partial charge in [-0.05, 0) is 52.7 Å². The highest BCUT2D eigenvalue weighted by Gasteiger charge is 2.08. The van der Waals surface area contributed by atoms with E-state index in [1.165, 1.54) is 27.7 Å². The highest BCUT2D eigenvalue weighted by molar-refractivity contribution is 14.1. The second-order valence-corrected chi connectivity index (χ2v) is 4.38. The van der Waals surface area contributed by atoms with Gasteiger partial charge in [-0.1, -0.05) is 24.3 Å². The van der Waals surface area contributed by atoms with Crippen molar-refractivity contribution in [2.45, 2.75) is 12.8 Å². The van der Waals surface area contributed by atoms with Crippen LogP contribution < -0.4 is 5.32 Å². The van der Waals surface area contributed by atoms with Crippen molar-refractivity contribution in [2.75, 3.05) is 6.54 Å². The molecular formula is C11H12IN. The van der Waals surface area contributed by atoms with Crippen molar-refractivity contribution in [2.24, 2.45) is 0 Å². The lowest BCUT2D eigenvalue weighted by molar-refractivity contribution is 0.877. The van der Waals surface area contributed by atoms with Crippen molar-refractivity contribution in [3.8, 4) is 0 Å². The Kier molecular flexibility index (Phi) is 2.88. The van der Waals surface area contributed by atoms with E-state index in [0.29, 0.717) is 0 Å². The molecule has 13 heavy (non-hydrogen) atoms. The fraction of sp³-hybridized carbons (Fsp3) is 0.273. The summed E-state index contributed by atoms with van der Waals surface area (Å²) in [7, 11) is 0. The van der Waals surface area contributed by atoms with Crippen LogP contribution in [-0.4, -0.2) is 6.54 Å². The smallest absolute Gasteiger partial charge is 0.0734 e. The Morgan fingerprint density at radius 2 is 2.08 bits per heavy atom. The highest BCUT2D eigenvalue weighted by Crippen LogP contribution is 2.22. The lowest BCUT2D eigenvalue weighted by Crippen LogP contribution is -2.17. The summed E-state index contributed by atoms with van der Waals surface area (Å²) in [6, 6.07) is 0. The topological polar surface area (TPSA) is 12.0 Å². The standard InChI is InChI=1S/C11H12IN/c12-11-7-6-10(8-13-11)9-4-2-1-3-5-9/h1-2,4,6-7,13H,3,5,8H2. The van der Waals surface area contributed by atoms with Gasteiger partial charge in [0.15, 0.2) is 0 Å². The molecule has 68 valence electrons. The molecule has 1 aliphatic carbocycles. The Morgan fingerprint density at radius 3 is 2.69 bits per heavy atom. The van der Waals surface area contributed by atoms with E-state index in [1.807, 2.05) is 0 Å². The van der Waals surface area contributed by atoms with E-state index in [0.717, 1.165) is 6.54 Å². The van der Waals surface area contributed by atoms with Crippen LogP contribution in [0.15, 0.2) is 45.2 Å². The minimum absolute atomic E-state index is 0.981. The zero-order valence-corrected chi connectivity index (χ0v) is 9.54. The molecule has 1 N–H and O–H groups in total. The van der Waals surface area contributed by atoms with Crippen molar-refractivity contribution < 1.29 is 0 Å². The summed E-state index contributed by atoms with van der Waals surface area (Å²) < 4.78 is 1.23. The molecule has 0 bridgehead atoms. The minimum Gasteiger partial charge on any atom is -0.376 e. The molecule has 0 unspecified atom stereocenters. The third kappa shape index (κ3) is 2.24. The van der Waals surface area contributed by atoms with Crippen LogP contribution in [0.2, 0.25) is 0 Å². The molecular weight excluding hydrogens is 273 g/mol. The molecule has 2 rings (SSSR count). The molecule has 1 nitrogen and oxygen atoms in total. The molecule has 1 aliphatic heterocycles. The molecule has 2 heteroatoms. The highest BCUT2D eigenvalue weighted by atomic mass is 127. The Hall–Kier alpha value is -0.510. The van der Waals surface area contributed by atoms with Gasteiger partial charge in [-0.25, -0.2) is 0 Å². The van der Waals surface area contributed by atoms with Crippen LogP contribution in [-0.2, 0) is 0 Å². The van der Waals surface area contributed by atoms with Gasteiger partial charge < -0.3 is 5.32 Å². The van der Waals surface area contributed by atoms with Crippen molar-refractivity contribution in [1.29, 1.82) is 0 Å². The maximum Gasteiger partial charge on any atom is 0.0734 e. The van der Waals surface area contributed by atoms with E-state index in [9.17, 15) is 0 Å². The Morgan fingerprint density at radius 1 is 1.15 bits per heavy atom. The Balaban J connectivity index is 2.17. The molecule has 0 aromatic rings. The van der Waals surface area contributed by atoms with Gasteiger partial charge >= 0.3 is 0 Å². The van der Waals surface area contributed by atoms with Crippen LogP contribution in [0.1, 0.15) is 12.8 Å². The fourth-order valence-corrected chi connectivity index (χ4v) is 1.93. The summed E-state index contributed by atoms with van der Waals surface area (Å²) in [4.78, 5) is 0. The number of hydrogen-bond donors (Lipinski definition) is 1. The predicted molar refractivity (Wildman–Crippen MR) is 64.6 cm³/mol. The first-order valence-corrected chi connectivity index (χ1v) is 5.60. The molecule has 0 amide bonds. The first-order chi connectivity index (χ1) is 6.36. The quantitative estimate of drug-likeness (QED) is 0.576. The number of allylic oxidation sites excluding steroid dienone is 5. The Bertz CT molecular complexity index is 321. The van der Waals surface area contributed by atoms with E-state index in [1.54, 1.807) is 0 Å². The average molecular weight is 285 g/mol. The number of rotatable bonds is 1. The maximum atomic E-state index is 3.34. The van der Waals surface area contributed by atoms with Gasteiger partial charge in [-0.3, -0.25) is 0 Å². The predicted octanol–water partition coefficient (Wildman–Crippen LogP) is 3.07. The van der Waals surface area contributed by atoms with Gasteiger partial charge in [-0.2, -0.15) is 0 Å². The molecule has 1 heterocycles. The lowest BCUT2D eigenvalue weighted by Gasteiger charge is -2.17. The van der Waals surface area contributed by atoms with E-state index in [-0.39, 0.29) is 0 Å². The van der Waals surface area contributed by atoms with Crippen molar-refractivity contribution >= 4 is 22.6 Å². The normalized spacial score (nSPS) is 21.5. The summed E-state index contributed by atoms with van der Waals surface area (Å²) in [5.41, 5.74) is 2.92. The third-order valence-electron chi connectivity index (χ3n) is 2.30. The summed E-state index contributed by atoms with van der Waals surface area (Å²) in [5, 5.41) is 3.34. The number of dihydropyridines is 1. The molecule has 0 saturated heterocycles. The second kappa shape index (κ2) is 4.13. The summed E-state index contributed by atoms with van der Waals surface area (Å²) in [6.07, 6.45) is 13.3. The zero-order chi connectivity index (χ0) is 9.10. The third-order valence-corrected chi connectivity index (χ3v) is 3.05. The first kappa shape index (κ1) is 9.06. The average Bonchev–Trinajstić information content (AvgIpc) is 2.20.